The molecule has 0 aliphatic heterocycles. The summed E-state index contributed by atoms with van der Waals surface area (Å²) in [6, 6.07) is 1.80. The number of hydrogen-bond acceptors (Lipinski definition) is 5. The van der Waals surface area contributed by atoms with Crippen LogP contribution in [0.5, 0.6) is 0 Å². The molecule has 0 aromatic carbocycles. The van der Waals surface area contributed by atoms with Gasteiger partial charge in [-0.25, -0.2) is 9.97 Å². The van der Waals surface area contributed by atoms with Crippen molar-refractivity contribution in [3.05, 3.63) is 12.4 Å². The lowest BCUT2D eigenvalue weighted by atomic mass is 10.2. The minimum Gasteiger partial charge on any atom is -0.373 e. The van der Waals surface area contributed by atoms with Crippen molar-refractivity contribution in [2.45, 2.75) is 13.8 Å². The van der Waals surface area contributed by atoms with Crippen molar-refractivity contribution in [2.24, 2.45) is 5.92 Å². The van der Waals surface area contributed by atoms with E-state index in [0.717, 1.165) is 5.82 Å². The van der Waals surface area contributed by atoms with E-state index >= 15 is 0 Å². The maximum atomic E-state index is 11.7. The zero-order valence-corrected chi connectivity index (χ0v) is 11.4. The van der Waals surface area contributed by atoms with Gasteiger partial charge < -0.3 is 15.5 Å². The Kier molecular flexibility index (Phi) is 5.35. The first-order valence-corrected chi connectivity index (χ1v) is 6.00. The Balaban J connectivity index is 2.53. The molecule has 0 unspecified atom stereocenters. The zero-order chi connectivity index (χ0) is 13.5. The van der Waals surface area contributed by atoms with Crippen molar-refractivity contribution in [3.8, 4) is 0 Å². The van der Waals surface area contributed by atoms with Crippen LogP contribution in [0.4, 0.5) is 11.6 Å². The van der Waals surface area contributed by atoms with Crippen LogP contribution in [0.25, 0.3) is 0 Å². The fourth-order valence-electron chi connectivity index (χ4n) is 1.36. The second kappa shape index (κ2) is 6.78. The molecule has 0 spiro atoms. The summed E-state index contributed by atoms with van der Waals surface area (Å²) in [7, 11) is 3.62. The fourth-order valence-corrected chi connectivity index (χ4v) is 1.36. The Bertz CT molecular complexity index is 394. The SMILES string of the molecule is CNc1cc(N(C)CC(=O)NCC(C)C)ncn1. The number of carbonyl (C=O) groups excluding carboxylic acids is 1. The van der Waals surface area contributed by atoms with Gasteiger partial charge in [0.1, 0.15) is 18.0 Å². The molecule has 1 aromatic rings. The van der Waals surface area contributed by atoms with Crippen LogP contribution in [0.3, 0.4) is 0 Å². The third-order valence-electron chi connectivity index (χ3n) is 2.39. The molecule has 0 saturated carbocycles. The molecule has 1 rings (SSSR count). The monoisotopic (exact) mass is 251 g/mol. The molecule has 2 N–H and O–H groups in total. The summed E-state index contributed by atoms with van der Waals surface area (Å²) in [5.41, 5.74) is 0. The van der Waals surface area contributed by atoms with E-state index < -0.39 is 0 Å². The van der Waals surface area contributed by atoms with Crippen LogP contribution in [-0.4, -0.2) is 43.1 Å². The summed E-state index contributed by atoms with van der Waals surface area (Å²) < 4.78 is 0. The predicted molar refractivity (Wildman–Crippen MR) is 72.7 cm³/mol. The lowest BCUT2D eigenvalue weighted by Crippen LogP contribution is -2.37. The Morgan fingerprint density at radius 2 is 2.17 bits per heavy atom. The highest BCUT2D eigenvalue weighted by molar-refractivity contribution is 5.80. The Morgan fingerprint density at radius 1 is 1.44 bits per heavy atom. The Morgan fingerprint density at radius 3 is 2.78 bits per heavy atom. The molecule has 6 nitrogen and oxygen atoms in total. The van der Waals surface area contributed by atoms with E-state index in [-0.39, 0.29) is 12.5 Å². The quantitative estimate of drug-likeness (QED) is 0.780. The van der Waals surface area contributed by atoms with Crippen LogP contribution in [0.2, 0.25) is 0 Å². The van der Waals surface area contributed by atoms with Crippen LogP contribution >= 0.6 is 0 Å². The van der Waals surface area contributed by atoms with Crippen molar-refractivity contribution >= 4 is 17.5 Å². The van der Waals surface area contributed by atoms with Gasteiger partial charge in [0.25, 0.3) is 0 Å². The van der Waals surface area contributed by atoms with Gasteiger partial charge in [0, 0.05) is 26.7 Å². The number of nitrogens with zero attached hydrogens (tertiary/aromatic N) is 3. The second-order valence-electron chi connectivity index (χ2n) is 4.57. The minimum atomic E-state index is -0.00387. The van der Waals surface area contributed by atoms with Crippen molar-refractivity contribution in [2.75, 3.05) is 37.4 Å². The Labute approximate surface area is 108 Å². The average Bonchev–Trinajstić information content (AvgIpc) is 2.36. The smallest absolute Gasteiger partial charge is 0.239 e. The van der Waals surface area contributed by atoms with E-state index in [2.05, 4.69) is 34.4 Å². The lowest BCUT2D eigenvalue weighted by Gasteiger charge is -2.18. The van der Waals surface area contributed by atoms with Gasteiger partial charge in [-0.2, -0.15) is 0 Å². The van der Waals surface area contributed by atoms with E-state index in [1.807, 2.05) is 7.05 Å². The molecule has 0 fully saturated rings. The highest BCUT2D eigenvalue weighted by atomic mass is 16.2. The number of nitrogens with one attached hydrogen (secondary N) is 2. The molecule has 1 heterocycles. The zero-order valence-electron chi connectivity index (χ0n) is 11.4. The highest BCUT2D eigenvalue weighted by Gasteiger charge is 2.09. The van der Waals surface area contributed by atoms with Crippen LogP contribution in [0.15, 0.2) is 12.4 Å². The molecule has 0 atom stereocenters. The molecular weight excluding hydrogens is 230 g/mol. The first-order chi connectivity index (χ1) is 8.52. The number of likely N-dealkylation sites (N-methyl/N-ethyl adjacent to an activating group) is 1. The van der Waals surface area contributed by atoms with Gasteiger partial charge in [-0.05, 0) is 5.92 Å². The molecule has 0 bridgehead atoms. The normalized spacial score (nSPS) is 10.3. The van der Waals surface area contributed by atoms with Gasteiger partial charge in [0.05, 0.1) is 6.54 Å². The second-order valence-corrected chi connectivity index (χ2v) is 4.57. The summed E-state index contributed by atoms with van der Waals surface area (Å²) in [5.74, 6) is 1.90. The van der Waals surface area contributed by atoms with Crippen molar-refractivity contribution in [1.82, 2.24) is 15.3 Å². The van der Waals surface area contributed by atoms with E-state index in [1.165, 1.54) is 6.33 Å². The first kappa shape index (κ1) is 14.2. The summed E-state index contributed by atoms with van der Waals surface area (Å²) in [5, 5.41) is 5.81. The predicted octanol–water partition coefficient (Wildman–Crippen LogP) is 0.727. The van der Waals surface area contributed by atoms with E-state index in [0.29, 0.717) is 18.3 Å². The topological polar surface area (TPSA) is 70.2 Å². The third-order valence-corrected chi connectivity index (χ3v) is 2.39. The van der Waals surface area contributed by atoms with Gasteiger partial charge in [0.15, 0.2) is 0 Å². The number of aromatic nitrogens is 2. The molecule has 6 heteroatoms. The summed E-state index contributed by atoms with van der Waals surface area (Å²) >= 11 is 0. The molecular formula is C12H21N5O. The van der Waals surface area contributed by atoms with Crippen molar-refractivity contribution in [3.63, 3.8) is 0 Å². The van der Waals surface area contributed by atoms with Gasteiger partial charge in [-0.1, -0.05) is 13.8 Å². The molecule has 0 aliphatic carbocycles. The van der Waals surface area contributed by atoms with Crippen LogP contribution in [0, 0.1) is 5.92 Å². The van der Waals surface area contributed by atoms with E-state index in [9.17, 15) is 4.79 Å². The largest absolute Gasteiger partial charge is 0.373 e. The van der Waals surface area contributed by atoms with Crippen LogP contribution in [0.1, 0.15) is 13.8 Å². The Hall–Kier alpha value is -1.85. The average molecular weight is 251 g/mol. The van der Waals surface area contributed by atoms with Crippen molar-refractivity contribution in [1.29, 1.82) is 0 Å². The lowest BCUT2D eigenvalue weighted by molar-refractivity contribution is -0.119. The molecule has 18 heavy (non-hydrogen) atoms. The van der Waals surface area contributed by atoms with Crippen molar-refractivity contribution < 1.29 is 4.79 Å². The standard InChI is InChI=1S/C12H21N5O/c1-9(2)6-14-12(18)7-17(4)11-5-10(13-3)15-8-16-11/h5,8-9H,6-7H2,1-4H3,(H,14,18)(H,13,15,16). The summed E-state index contributed by atoms with van der Waals surface area (Å²) in [6.45, 7) is 5.10. The van der Waals surface area contributed by atoms with Gasteiger partial charge >= 0.3 is 0 Å². The number of hydrogen-bond donors (Lipinski definition) is 2. The first-order valence-electron chi connectivity index (χ1n) is 6.00. The fraction of sp³-hybridized carbons (Fsp3) is 0.583. The molecule has 0 radical (unpaired) electrons. The molecule has 1 amide bonds. The van der Waals surface area contributed by atoms with Gasteiger partial charge in [-0.3, -0.25) is 4.79 Å². The minimum absolute atomic E-state index is 0.00387. The van der Waals surface area contributed by atoms with Crippen LogP contribution in [-0.2, 0) is 4.79 Å². The number of rotatable bonds is 6. The number of amides is 1. The highest BCUT2D eigenvalue weighted by Crippen LogP contribution is 2.11. The molecule has 1 aromatic heterocycles. The molecule has 0 saturated heterocycles. The third kappa shape index (κ3) is 4.57. The summed E-state index contributed by atoms with van der Waals surface area (Å²) in [6.07, 6.45) is 1.48. The van der Waals surface area contributed by atoms with Gasteiger partial charge in [-0.15, -0.1) is 0 Å². The van der Waals surface area contributed by atoms with E-state index in [1.54, 1.807) is 18.0 Å². The van der Waals surface area contributed by atoms with Gasteiger partial charge in [0.2, 0.25) is 5.91 Å². The summed E-state index contributed by atoms with van der Waals surface area (Å²) in [4.78, 5) is 21.6. The van der Waals surface area contributed by atoms with Crippen LogP contribution < -0.4 is 15.5 Å². The molecule has 100 valence electrons. The number of carbonyl (C=O) groups is 1. The maximum Gasteiger partial charge on any atom is 0.239 e. The molecule has 0 aliphatic rings. The van der Waals surface area contributed by atoms with E-state index in [4.69, 9.17) is 0 Å². The maximum absolute atomic E-state index is 11.7. The number of anilines is 2.